The third kappa shape index (κ3) is 2.82. The van der Waals surface area contributed by atoms with Gasteiger partial charge in [0.2, 0.25) is 0 Å². The summed E-state index contributed by atoms with van der Waals surface area (Å²) in [6.45, 7) is 5.29. The molecule has 1 aliphatic heterocycles. The lowest BCUT2D eigenvalue weighted by atomic mass is 10.1. The second-order valence-corrected chi connectivity index (χ2v) is 4.97. The summed E-state index contributed by atoms with van der Waals surface area (Å²) in [5, 5.41) is 9.86. The number of amides is 1. The quantitative estimate of drug-likeness (QED) is 0.818. The molecule has 98 valence electrons. The van der Waals surface area contributed by atoms with Crippen LogP contribution in [-0.2, 0) is 0 Å². The Morgan fingerprint density at radius 1 is 1.22 bits per heavy atom. The largest absolute Gasteiger partial charge is 0.507 e. The van der Waals surface area contributed by atoms with Crippen molar-refractivity contribution < 1.29 is 9.90 Å². The Hall–Kier alpha value is -1.55. The van der Waals surface area contributed by atoms with Crippen LogP contribution in [0, 0.1) is 6.92 Å². The lowest BCUT2D eigenvalue weighted by Crippen LogP contribution is -2.34. The number of phenolic OH excluding ortho intramolecular Hbond substituents is 1. The van der Waals surface area contributed by atoms with Gasteiger partial charge in [-0.1, -0.05) is 6.07 Å². The van der Waals surface area contributed by atoms with Crippen LogP contribution >= 0.6 is 0 Å². The predicted molar refractivity (Wildman–Crippen MR) is 70.9 cm³/mol. The van der Waals surface area contributed by atoms with Gasteiger partial charge in [0.15, 0.2) is 0 Å². The fraction of sp³-hybridized carbons (Fsp3) is 0.500. The lowest BCUT2D eigenvalue weighted by molar-refractivity contribution is 0.0760. The van der Waals surface area contributed by atoms with E-state index in [0.29, 0.717) is 5.56 Å². The molecule has 1 aromatic rings. The number of aromatic hydroxyl groups is 1. The van der Waals surface area contributed by atoms with E-state index in [4.69, 9.17) is 0 Å². The first kappa shape index (κ1) is 12.9. The first-order valence-electron chi connectivity index (χ1n) is 6.35. The summed E-state index contributed by atoms with van der Waals surface area (Å²) in [6.07, 6.45) is 0.981. The maximum atomic E-state index is 12.3. The third-order valence-electron chi connectivity index (χ3n) is 3.39. The van der Waals surface area contributed by atoms with Gasteiger partial charge >= 0.3 is 0 Å². The average molecular weight is 248 g/mol. The number of hydrogen-bond acceptors (Lipinski definition) is 3. The zero-order chi connectivity index (χ0) is 13.1. The molecule has 1 aliphatic rings. The van der Waals surface area contributed by atoms with Crippen molar-refractivity contribution in [1.29, 1.82) is 0 Å². The first-order valence-corrected chi connectivity index (χ1v) is 6.35. The molecule has 4 nitrogen and oxygen atoms in total. The van der Waals surface area contributed by atoms with Gasteiger partial charge in [0.1, 0.15) is 5.75 Å². The van der Waals surface area contributed by atoms with Crippen LogP contribution < -0.4 is 0 Å². The fourth-order valence-corrected chi connectivity index (χ4v) is 2.24. The van der Waals surface area contributed by atoms with Crippen molar-refractivity contribution in [3.8, 4) is 5.75 Å². The topological polar surface area (TPSA) is 43.8 Å². The standard InChI is InChI=1S/C14H20N2O2/c1-11-4-5-12(13(17)10-11)14(18)16-7-3-6-15(2)8-9-16/h4-5,10,17H,3,6-9H2,1-2H3. The van der Waals surface area contributed by atoms with Crippen LogP contribution in [0.4, 0.5) is 0 Å². The molecule has 0 saturated carbocycles. The molecule has 0 aromatic heterocycles. The fourth-order valence-electron chi connectivity index (χ4n) is 2.24. The van der Waals surface area contributed by atoms with Crippen LogP contribution in [0.25, 0.3) is 0 Å². The van der Waals surface area contributed by atoms with E-state index in [0.717, 1.165) is 38.2 Å². The molecule has 0 bridgehead atoms. The first-order chi connectivity index (χ1) is 8.58. The van der Waals surface area contributed by atoms with Gasteiger partial charge in [-0.15, -0.1) is 0 Å². The Kier molecular flexibility index (Phi) is 3.87. The number of hydrogen-bond donors (Lipinski definition) is 1. The highest BCUT2D eigenvalue weighted by molar-refractivity contribution is 5.96. The number of rotatable bonds is 1. The molecule has 4 heteroatoms. The summed E-state index contributed by atoms with van der Waals surface area (Å²) in [4.78, 5) is 16.4. The Morgan fingerprint density at radius 3 is 2.72 bits per heavy atom. The highest BCUT2D eigenvalue weighted by Gasteiger charge is 2.21. The van der Waals surface area contributed by atoms with E-state index in [9.17, 15) is 9.90 Å². The number of benzene rings is 1. The molecule has 1 amide bonds. The Labute approximate surface area is 108 Å². The van der Waals surface area contributed by atoms with E-state index < -0.39 is 0 Å². The molecule has 0 unspecified atom stereocenters. The average Bonchev–Trinajstić information content (AvgIpc) is 2.53. The molecule has 0 aliphatic carbocycles. The van der Waals surface area contributed by atoms with E-state index >= 15 is 0 Å². The van der Waals surface area contributed by atoms with Gasteiger partial charge in [0.25, 0.3) is 5.91 Å². The van der Waals surface area contributed by atoms with E-state index in [1.807, 2.05) is 17.9 Å². The summed E-state index contributed by atoms with van der Waals surface area (Å²) in [7, 11) is 2.07. The predicted octanol–water partition coefficient (Wildman–Crippen LogP) is 1.48. The monoisotopic (exact) mass is 248 g/mol. The van der Waals surface area contributed by atoms with Gasteiger partial charge < -0.3 is 14.9 Å². The smallest absolute Gasteiger partial charge is 0.257 e. The van der Waals surface area contributed by atoms with Crippen molar-refractivity contribution >= 4 is 5.91 Å². The maximum Gasteiger partial charge on any atom is 0.257 e. The molecule has 1 N–H and O–H groups in total. The molecule has 2 rings (SSSR count). The van der Waals surface area contributed by atoms with Crippen LogP contribution in [-0.4, -0.2) is 54.0 Å². The van der Waals surface area contributed by atoms with Crippen molar-refractivity contribution in [2.75, 3.05) is 33.2 Å². The van der Waals surface area contributed by atoms with Crippen molar-refractivity contribution in [2.24, 2.45) is 0 Å². The van der Waals surface area contributed by atoms with E-state index in [1.165, 1.54) is 0 Å². The normalized spacial score (nSPS) is 17.6. The van der Waals surface area contributed by atoms with Gasteiger partial charge in [0, 0.05) is 19.6 Å². The molecule has 1 heterocycles. The number of carbonyl (C=O) groups excluding carboxylic acids is 1. The molecule has 0 spiro atoms. The van der Waals surface area contributed by atoms with Gasteiger partial charge in [-0.25, -0.2) is 0 Å². The summed E-state index contributed by atoms with van der Waals surface area (Å²) in [5.74, 6) is 0.0143. The minimum atomic E-state index is -0.0669. The Balaban J connectivity index is 2.15. The zero-order valence-corrected chi connectivity index (χ0v) is 11.0. The van der Waals surface area contributed by atoms with E-state index in [-0.39, 0.29) is 11.7 Å². The lowest BCUT2D eigenvalue weighted by Gasteiger charge is -2.21. The highest BCUT2D eigenvalue weighted by Crippen LogP contribution is 2.20. The summed E-state index contributed by atoms with van der Waals surface area (Å²) in [6, 6.07) is 5.20. The molecule has 1 aromatic carbocycles. The number of carbonyl (C=O) groups is 1. The van der Waals surface area contributed by atoms with Gasteiger partial charge in [-0.2, -0.15) is 0 Å². The van der Waals surface area contributed by atoms with Crippen LogP contribution in [0.15, 0.2) is 18.2 Å². The second kappa shape index (κ2) is 5.40. The van der Waals surface area contributed by atoms with Crippen LogP contribution in [0.3, 0.4) is 0 Å². The van der Waals surface area contributed by atoms with Gasteiger partial charge in [-0.3, -0.25) is 4.79 Å². The highest BCUT2D eigenvalue weighted by atomic mass is 16.3. The molecule has 1 fully saturated rings. The molecule has 18 heavy (non-hydrogen) atoms. The van der Waals surface area contributed by atoms with E-state index in [1.54, 1.807) is 12.1 Å². The molecule has 1 saturated heterocycles. The third-order valence-corrected chi connectivity index (χ3v) is 3.39. The maximum absolute atomic E-state index is 12.3. The minimum absolute atomic E-state index is 0.0669. The number of aryl methyl sites for hydroxylation is 1. The SMILES string of the molecule is Cc1ccc(C(=O)N2CCCN(C)CC2)c(O)c1. The second-order valence-electron chi connectivity index (χ2n) is 4.97. The van der Waals surface area contributed by atoms with Gasteiger partial charge in [-0.05, 0) is 44.6 Å². The summed E-state index contributed by atoms with van der Waals surface area (Å²) < 4.78 is 0. The van der Waals surface area contributed by atoms with Crippen molar-refractivity contribution in [2.45, 2.75) is 13.3 Å². The van der Waals surface area contributed by atoms with Crippen molar-refractivity contribution in [3.63, 3.8) is 0 Å². The molecular formula is C14H20N2O2. The molecule has 0 atom stereocenters. The van der Waals surface area contributed by atoms with Crippen molar-refractivity contribution in [1.82, 2.24) is 9.80 Å². The molecule has 0 radical (unpaired) electrons. The summed E-state index contributed by atoms with van der Waals surface area (Å²) >= 11 is 0. The van der Waals surface area contributed by atoms with Crippen LogP contribution in [0.5, 0.6) is 5.75 Å². The van der Waals surface area contributed by atoms with Crippen molar-refractivity contribution in [3.05, 3.63) is 29.3 Å². The summed E-state index contributed by atoms with van der Waals surface area (Å²) in [5.41, 5.74) is 1.37. The van der Waals surface area contributed by atoms with Crippen LogP contribution in [0.2, 0.25) is 0 Å². The number of nitrogens with zero attached hydrogens (tertiary/aromatic N) is 2. The minimum Gasteiger partial charge on any atom is -0.507 e. The van der Waals surface area contributed by atoms with E-state index in [2.05, 4.69) is 11.9 Å². The Morgan fingerprint density at radius 2 is 2.00 bits per heavy atom. The van der Waals surface area contributed by atoms with Crippen LogP contribution in [0.1, 0.15) is 22.3 Å². The zero-order valence-electron chi connectivity index (χ0n) is 11.0. The number of phenols is 1. The number of likely N-dealkylation sites (N-methyl/N-ethyl adjacent to an activating group) is 1. The molecular weight excluding hydrogens is 228 g/mol. The Bertz CT molecular complexity index is 445. The van der Waals surface area contributed by atoms with Gasteiger partial charge in [0.05, 0.1) is 5.56 Å².